The minimum Gasteiger partial charge on any atom is -0.348 e. The number of carbonyl (C=O) groups excluding carboxylic acids is 2. The van der Waals surface area contributed by atoms with Crippen LogP contribution >= 0.6 is 22.9 Å². The quantitative estimate of drug-likeness (QED) is 0.593. The van der Waals surface area contributed by atoms with Gasteiger partial charge in [0.2, 0.25) is 0 Å². The predicted octanol–water partition coefficient (Wildman–Crippen LogP) is 4.23. The molecule has 1 saturated heterocycles. The number of anilines is 2. The standard InChI is InChI=1S/C22H23ClN4O2S/c1-14-16(23)5-4-7-17(14)25-21(29)20(28)24-13-15-9-11-27(12-10-15)22-26-18-6-2-3-8-19(18)30-22/h2-8,15H,9-13H2,1H3,(H,24,28)(H,25,29). The number of fused-ring (bicyclic) bond motifs is 1. The van der Waals surface area contributed by atoms with Gasteiger partial charge in [-0.05, 0) is 55.5 Å². The van der Waals surface area contributed by atoms with Crippen LogP contribution in [0.15, 0.2) is 42.5 Å². The van der Waals surface area contributed by atoms with Gasteiger partial charge in [-0.25, -0.2) is 4.98 Å². The third-order valence-corrected chi connectivity index (χ3v) is 6.95. The number of halogens is 1. The van der Waals surface area contributed by atoms with E-state index in [-0.39, 0.29) is 0 Å². The van der Waals surface area contributed by atoms with E-state index in [2.05, 4.69) is 21.6 Å². The highest BCUT2D eigenvalue weighted by molar-refractivity contribution is 7.22. The SMILES string of the molecule is Cc1c(Cl)cccc1NC(=O)C(=O)NCC1CCN(c2nc3ccccc3s2)CC1. The van der Waals surface area contributed by atoms with Crippen LogP contribution in [0.3, 0.4) is 0 Å². The number of amides is 2. The number of aromatic nitrogens is 1. The summed E-state index contributed by atoms with van der Waals surface area (Å²) in [6, 6.07) is 13.4. The van der Waals surface area contributed by atoms with Crippen molar-refractivity contribution in [2.24, 2.45) is 5.92 Å². The number of hydrogen-bond donors (Lipinski definition) is 2. The van der Waals surface area contributed by atoms with Crippen molar-refractivity contribution < 1.29 is 9.59 Å². The summed E-state index contributed by atoms with van der Waals surface area (Å²) in [6.07, 6.45) is 1.90. The summed E-state index contributed by atoms with van der Waals surface area (Å²) in [7, 11) is 0. The van der Waals surface area contributed by atoms with Crippen molar-refractivity contribution in [1.29, 1.82) is 0 Å². The first-order valence-corrected chi connectivity index (χ1v) is 11.2. The first-order chi connectivity index (χ1) is 14.5. The molecule has 3 aromatic rings. The number of benzene rings is 2. The van der Waals surface area contributed by atoms with Crippen LogP contribution in [0, 0.1) is 12.8 Å². The Balaban J connectivity index is 1.25. The van der Waals surface area contributed by atoms with Crippen molar-refractivity contribution in [3.05, 3.63) is 53.1 Å². The maximum atomic E-state index is 12.2. The molecule has 0 saturated carbocycles. The second-order valence-electron chi connectivity index (χ2n) is 7.47. The summed E-state index contributed by atoms with van der Waals surface area (Å²) in [6.45, 7) is 4.09. The Morgan fingerprint density at radius 1 is 1.13 bits per heavy atom. The maximum Gasteiger partial charge on any atom is 0.313 e. The lowest BCUT2D eigenvalue weighted by atomic mass is 9.97. The van der Waals surface area contributed by atoms with Crippen LogP contribution in [0.4, 0.5) is 10.8 Å². The van der Waals surface area contributed by atoms with Gasteiger partial charge in [0.25, 0.3) is 0 Å². The van der Waals surface area contributed by atoms with Crippen LogP contribution in [0.5, 0.6) is 0 Å². The maximum absolute atomic E-state index is 12.2. The van der Waals surface area contributed by atoms with Crippen molar-refractivity contribution in [3.63, 3.8) is 0 Å². The monoisotopic (exact) mass is 442 g/mol. The van der Waals surface area contributed by atoms with Crippen molar-refractivity contribution in [2.75, 3.05) is 29.9 Å². The zero-order chi connectivity index (χ0) is 21.1. The molecule has 2 amide bonds. The summed E-state index contributed by atoms with van der Waals surface area (Å²) in [4.78, 5) is 31.4. The molecule has 4 rings (SSSR count). The highest BCUT2D eigenvalue weighted by atomic mass is 35.5. The first-order valence-electron chi connectivity index (χ1n) is 9.96. The Labute approximate surface area is 184 Å². The van der Waals surface area contributed by atoms with Gasteiger partial charge in [0.05, 0.1) is 10.2 Å². The number of thiazole rings is 1. The number of nitrogens with zero attached hydrogens (tertiary/aromatic N) is 2. The van der Waals surface area contributed by atoms with E-state index in [0.717, 1.165) is 42.1 Å². The van der Waals surface area contributed by atoms with E-state index in [1.807, 2.05) is 18.2 Å². The Bertz CT molecular complexity index is 1040. The molecule has 0 unspecified atom stereocenters. The molecule has 1 aromatic heterocycles. The third kappa shape index (κ3) is 4.57. The lowest BCUT2D eigenvalue weighted by Crippen LogP contribution is -2.41. The molecule has 0 spiro atoms. The Morgan fingerprint density at radius 2 is 1.90 bits per heavy atom. The Morgan fingerprint density at radius 3 is 2.67 bits per heavy atom. The highest BCUT2D eigenvalue weighted by Gasteiger charge is 2.23. The topological polar surface area (TPSA) is 74.3 Å². The number of rotatable bonds is 4. The van der Waals surface area contributed by atoms with E-state index in [9.17, 15) is 9.59 Å². The molecule has 1 fully saturated rings. The Kier molecular flexibility index (Phi) is 6.20. The summed E-state index contributed by atoms with van der Waals surface area (Å²) in [5, 5.41) is 7.00. The van der Waals surface area contributed by atoms with E-state index < -0.39 is 11.8 Å². The number of piperidine rings is 1. The van der Waals surface area contributed by atoms with Gasteiger partial charge in [0.15, 0.2) is 5.13 Å². The molecule has 30 heavy (non-hydrogen) atoms. The molecule has 0 aliphatic carbocycles. The molecule has 1 aliphatic heterocycles. The van der Waals surface area contributed by atoms with E-state index >= 15 is 0 Å². The molecule has 2 aromatic carbocycles. The van der Waals surface area contributed by atoms with E-state index in [0.29, 0.717) is 23.2 Å². The van der Waals surface area contributed by atoms with Crippen molar-refractivity contribution in [2.45, 2.75) is 19.8 Å². The molecule has 0 bridgehead atoms. The number of para-hydroxylation sites is 1. The van der Waals surface area contributed by atoms with Crippen molar-refractivity contribution >= 4 is 55.8 Å². The average Bonchev–Trinajstić information content (AvgIpc) is 3.20. The molecule has 156 valence electrons. The molecule has 2 heterocycles. The molecular weight excluding hydrogens is 420 g/mol. The van der Waals surface area contributed by atoms with Gasteiger partial charge in [-0.3, -0.25) is 9.59 Å². The fourth-order valence-corrected chi connectivity index (χ4v) is 4.75. The predicted molar refractivity (Wildman–Crippen MR) is 122 cm³/mol. The lowest BCUT2D eigenvalue weighted by Gasteiger charge is -2.31. The van der Waals surface area contributed by atoms with Crippen LogP contribution < -0.4 is 15.5 Å². The summed E-state index contributed by atoms with van der Waals surface area (Å²) in [5.74, 6) is -0.949. The molecule has 6 nitrogen and oxygen atoms in total. The normalized spacial score (nSPS) is 14.7. The number of hydrogen-bond acceptors (Lipinski definition) is 5. The van der Waals surface area contributed by atoms with Gasteiger partial charge in [0.1, 0.15) is 0 Å². The lowest BCUT2D eigenvalue weighted by molar-refractivity contribution is -0.136. The Hall–Kier alpha value is -2.64. The minimum atomic E-state index is -0.674. The van der Waals surface area contributed by atoms with E-state index in [1.165, 1.54) is 4.70 Å². The molecule has 2 N–H and O–H groups in total. The largest absolute Gasteiger partial charge is 0.348 e. The fraction of sp³-hybridized carbons (Fsp3) is 0.318. The zero-order valence-corrected chi connectivity index (χ0v) is 18.2. The highest BCUT2D eigenvalue weighted by Crippen LogP contribution is 2.31. The minimum absolute atomic E-state index is 0.347. The zero-order valence-electron chi connectivity index (χ0n) is 16.7. The van der Waals surface area contributed by atoms with Crippen LogP contribution in [0.2, 0.25) is 5.02 Å². The van der Waals surface area contributed by atoms with Crippen LogP contribution in [-0.2, 0) is 9.59 Å². The average molecular weight is 443 g/mol. The van der Waals surface area contributed by atoms with Crippen LogP contribution in [0.25, 0.3) is 10.2 Å². The van der Waals surface area contributed by atoms with E-state index in [4.69, 9.17) is 16.6 Å². The molecule has 0 atom stereocenters. The van der Waals surface area contributed by atoms with Gasteiger partial charge in [-0.1, -0.05) is 41.1 Å². The van der Waals surface area contributed by atoms with E-state index in [1.54, 1.807) is 36.5 Å². The molecule has 0 radical (unpaired) electrons. The smallest absolute Gasteiger partial charge is 0.313 e. The van der Waals surface area contributed by atoms with Gasteiger partial charge < -0.3 is 15.5 Å². The van der Waals surface area contributed by atoms with Gasteiger partial charge in [-0.15, -0.1) is 0 Å². The summed E-state index contributed by atoms with van der Waals surface area (Å²) in [5.41, 5.74) is 2.32. The second-order valence-corrected chi connectivity index (χ2v) is 8.89. The number of nitrogens with one attached hydrogen (secondary N) is 2. The number of carbonyl (C=O) groups is 2. The summed E-state index contributed by atoms with van der Waals surface area (Å²) >= 11 is 7.77. The first kappa shape index (κ1) is 20.6. The molecule has 1 aliphatic rings. The van der Waals surface area contributed by atoms with Gasteiger partial charge >= 0.3 is 11.8 Å². The third-order valence-electron chi connectivity index (χ3n) is 5.44. The fourth-order valence-electron chi connectivity index (χ4n) is 3.56. The second kappa shape index (κ2) is 9.02. The molecule has 8 heteroatoms. The van der Waals surface area contributed by atoms with Gasteiger partial charge in [-0.2, -0.15) is 0 Å². The van der Waals surface area contributed by atoms with Crippen molar-refractivity contribution in [1.82, 2.24) is 10.3 Å². The van der Waals surface area contributed by atoms with Crippen LogP contribution in [0.1, 0.15) is 18.4 Å². The van der Waals surface area contributed by atoms with Crippen molar-refractivity contribution in [3.8, 4) is 0 Å². The van der Waals surface area contributed by atoms with Crippen LogP contribution in [-0.4, -0.2) is 36.4 Å². The summed E-state index contributed by atoms with van der Waals surface area (Å²) < 4.78 is 1.20. The van der Waals surface area contributed by atoms with Gasteiger partial charge in [0, 0.05) is 30.3 Å². The molecular formula is C22H23ClN4O2S.